The van der Waals surface area contributed by atoms with Crippen LogP contribution in [-0.2, 0) is 11.0 Å². The number of nitrogens with zero attached hydrogens (tertiary/aromatic N) is 3. The second kappa shape index (κ2) is 10.5. The van der Waals surface area contributed by atoms with E-state index in [1.54, 1.807) is 10.6 Å². The summed E-state index contributed by atoms with van der Waals surface area (Å²) < 4.78 is 41.4. The molecule has 1 aromatic heterocycles. The van der Waals surface area contributed by atoms with Gasteiger partial charge in [0.25, 0.3) is 0 Å². The van der Waals surface area contributed by atoms with E-state index in [-0.39, 0.29) is 5.91 Å². The lowest BCUT2D eigenvalue weighted by atomic mass is 10.1. The quantitative estimate of drug-likeness (QED) is 0.354. The van der Waals surface area contributed by atoms with Gasteiger partial charge in [0.05, 0.1) is 11.3 Å². The van der Waals surface area contributed by atoms with Crippen LogP contribution in [0.5, 0.6) is 0 Å². The Labute approximate surface area is 183 Å². The highest BCUT2D eigenvalue weighted by atomic mass is 32.2. The average molecular weight is 449 g/mol. The largest absolute Gasteiger partial charge is 0.416 e. The lowest BCUT2D eigenvalue weighted by Gasteiger charge is -2.13. The topological polar surface area (TPSA) is 59.8 Å². The molecule has 0 aliphatic rings. The molecule has 0 saturated heterocycles. The molecule has 1 amide bonds. The van der Waals surface area contributed by atoms with Gasteiger partial charge in [-0.2, -0.15) is 13.2 Å². The van der Waals surface area contributed by atoms with Crippen molar-refractivity contribution in [2.75, 3.05) is 12.3 Å². The molecule has 0 aliphatic heterocycles. The molecular formula is C22H23F3N4OS. The van der Waals surface area contributed by atoms with Gasteiger partial charge in [-0.1, -0.05) is 55.1 Å². The van der Waals surface area contributed by atoms with Crippen molar-refractivity contribution in [1.29, 1.82) is 0 Å². The van der Waals surface area contributed by atoms with Crippen LogP contribution in [0.2, 0.25) is 0 Å². The van der Waals surface area contributed by atoms with Crippen LogP contribution in [0.25, 0.3) is 17.1 Å². The van der Waals surface area contributed by atoms with Crippen molar-refractivity contribution in [2.24, 2.45) is 0 Å². The minimum atomic E-state index is -4.45. The molecule has 9 heteroatoms. The fourth-order valence-corrected chi connectivity index (χ4v) is 3.83. The molecule has 0 fully saturated rings. The Kier molecular flexibility index (Phi) is 7.73. The van der Waals surface area contributed by atoms with Gasteiger partial charge < -0.3 is 5.32 Å². The van der Waals surface area contributed by atoms with Crippen molar-refractivity contribution in [2.45, 2.75) is 37.5 Å². The van der Waals surface area contributed by atoms with Crippen molar-refractivity contribution in [3.8, 4) is 17.1 Å². The Morgan fingerprint density at radius 3 is 2.58 bits per heavy atom. The van der Waals surface area contributed by atoms with E-state index >= 15 is 0 Å². The third-order valence-corrected chi connectivity index (χ3v) is 5.46. The fourth-order valence-electron chi connectivity index (χ4n) is 2.94. The molecule has 164 valence electrons. The van der Waals surface area contributed by atoms with Crippen LogP contribution in [0.15, 0.2) is 59.8 Å². The van der Waals surface area contributed by atoms with E-state index in [1.807, 2.05) is 37.3 Å². The molecule has 0 bridgehead atoms. The van der Waals surface area contributed by atoms with Crippen molar-refractivity contribution >= 4 is 17.7 Å². The van der Waals surface area contributed by atoms with Gasteiger partial charge in [0, 0.05) is 24.3 Å². The van der Waals surface area contributed by atoms with Crippen molar-refractivity contribution in [3.05, 3.63) is 60.2 Å². The number of benzene rings is 2. The highest BCUT2D eigenvalue weighted by molar-refractivity contribution is 7.99. The predicted octanol–water partition coefficient (Wildman–Crippen LogP) is 5.35. The first kappa shape index (κ1) is 22.9. The molecule has 3 aromatic rings. The second-order valence-corrected chi connectivity index (χ2v) is 7.92. The zero-order chi connectivity index (χ0) is 22.3. The monoisotopic (exact) mass is 448 g/mol. The number of nitrogens with one attached hydrogen (secondary N) is 1. The van der Waals surface area contributed by atoms with Crippen LogP contribution in [0, 0.1) is 0 Å². The van der Waals surface area contributed by atoms with Gasteiger partial charge in [-0.25, -0.2) is 0 Å². The van der Waals surface area contributed by atoms with Crippen molar-refractivity contribution in [1.82, 2.24) is 20.1 Å². The Hall–Kier alpha value is -2.81. The summed E-state index contributed by atoms with van der Waals surface area (Å²) in [5, 5.41) is 11.8. The minimum Gasteiger partial charge on any atom is -0.356 e. The Morgan fingerprint density at radius 1 is 1.10 bits per heavy atom. The second-order valence-electron chi connectivity index (χ2n) is 6.86. The van der Waals surface area contributed by atoms with E-state index in [0.29, 0.717) is 41.8 Å². The Morgan fingerprint density at radius 2 is 1.87 bits per heavy atom. The smallest absolute Gasteiger partial charge is 0.356 e. The van der Waals surface area contributed by atoms with E-state index in [1.165, 1.54) is 17.8 Å². The zero-order valence-electron chi connectivity index (χ0n) is 17.0. The van der Waals surface area contributed by atoms with Crippen LogP contribution in [0.1, 0.15) is 31.7 Å². The van der Waals surface area contributed by atoms with Crippen LogP contribution >= 0.6 is 11.8 Å². The van der Waals surface area contributed by atoms with E-state index in [2.05, 4.69) is 15.5 Å². The fraction of sp³-hybridized carbons (Fsp3) is 0.318. The summed E-state index contributed by atoms with van der Waals surface area (Å²) >= 11 is 1.36. The lowest BCUT2D eigenvalue weighted by Crippen LogP contribution is -2.23. The lowest BCUT2D eigenvalue weighted by molar-refractivity contribution is -0.137. The number of aromatic nitrogens is 3. The van der Waals surface area contributed by atoms with Crippen LogP contribution < -0.4 is 5.32 Å². The summed E-state index contributed by atoms with van der Waals surface area (Å²) in [5.74, 6) is 1.04. The van der Waals surface area contributed by atoms with Crippen molar-refractivity contribution < 1.29 is 18.0 Å². The summed E-state index contributed by atoms with van der Waals surface area (Å²) in [6.07, 6.45) is -2.56. The molecule has 3 rings (SSSR count). The number of alkyl halides is 3. The first-order chi connectivity index (χ1) is 14.9. The molecule has 0 aliphatic carbocycles. The van der Waals surface area contributed by atoms with E-state index in [4.69, 9.17) is 0 Å². The van der Waals surface area contributed by atoms with Gasteiger partial charge in [0.15, 0.2) is 11.0 Å². The number of carbonyl (C=O) groups is 1. The first-order valence-electron chi connectivity index (χ1n) is 9.98. The number of amides is 1. The molecule has 0 unspecified atom stereocenters. The number of rotatable bonds is 9. The molecule has 5 nitrogen and oxygen atoms in total. The maximum Gasteiger partial charge on any atom is 0.416 e. The maximum atomic E-state index is 13.3. The summed E-state index contributed by atoms with van der Waals surface area (Å²) in [6.45, 7) is 2.64. The van der Waals surface area contributed by atoms with Crippen LogP contribution in [0.4, 0.5) is 13.2 Å². The van der Waals surface area contributed by atoms with E-state index < -0.39 is 11.7 Å². The minimum absolute atomic E-state index is 0.00762. The normalized spacial score (nSPS) is 11.5. The first-order valence-corrected chi connectivity index (χ1v) is 11.0. The van der Waals surface area contributed by atoms with Crippen LogP contribution in [0.3, 0.4) is 0 Å². The third kappa shape index (κ3) is 6.10. The molecule has 31 heavy (non-hydrogen) atoms. The molecule has 2 aromatic carbocycles. The van der Waals surface area contributed by atoms with Gasteiger partial charge in [-0.15, -0.1) is 10.2 Å². The van der Waals surface area contributed by atoms with Gasteiger partial charge in [-0.3, -0.25) is 9.36 Å². The van der Waals surface area contributed by atoms with Crippen LogP contribution in [-0.4, -0.2) is 33.0 Å². The predicted molar refractivity (Wildman–Crippen MR) is 115 cm³/mol. The van der Waals surface area contributed by atoms with E-state index in [0.717, 1.165) is 24.1 Å². The van der Waals surface area contributed by atoms with E-state index in [9.17, 15) is 18.0 Å². The molecule has 0 saturated carbocycles. The maximum absolute atomic E-state index is 13.3. The standard InChI is InChI=1S/C22H23F3N4OS/c1-2-13-26-19(30)12-7-14-31-21-28-27-20(16-8-4-3-5-9-16)29(21)18-11-6-10-17(15-18)22(23,24)25/h3-6,8-11,15H,2,7,12-14H2,1H3,(H,26,30). The molecule has 0 atom stereocenters. The molecule has 0 radical (unpaired) electrons. The molecule has 0 spiro atoms. The number of hydrogen-bond acceptors (Lipinski definition) is 4. The zero-order valence-corrected chi connectivity index (χ0v) is 17.8. The summed E-state index contributed by atoms with van der Waals surface area (Å²) in [4.78, 5) is 11.8. The number of carbonyl (C=O) groups excluding carboxylic acids is 1. The number of halogens is 3. The summed E-state index contributed by atoms with van der Waals surface area (Å²) in [7, 11) is 0. The highest BCUT2D eigenvalue weighted by Crippen LogP contribution is 2.33. The van der Waals surface area contributed by atoms with Gasteiger partial charge >= 0.3 is 6.18 Å². The number of hydrogen-bond donors (Lipinski definition) is 1. The van der Waals surface area contributed by atoms with Gasteiger partial charge in [0.2, 0.25) is 5.91 Å². The van der Waals surface area contributed by atoms with Crippen molar-refractivity contribution in [3.63, 3.8) is 0 Å². The average Bonchev–Trinajstić information content (AvgIpc) is 3.19. The summed E-state index contributed by atoms with van der Waals surface area (Å²) in [5.41, 5.74) is 0.348. The highest BCUT2D eigenvalue weighted by Gasteiger charge is 2.31. The van der Waals surface area contributed by atoms with Gasteiger partial charge in [0.1, 0.15) is 0 Å². The Balaban J connectivity index is 1.86. The molecule has 1 N–H and O–H groups in total. The molecular weight excluding hydrogens is 425 g/mol. The Bertz CT molecular complexity index is 1010. The SMILES string of the molecule is CCCNC(=O)CCCSc1nnc(-c2ccccc2)n1-c1cccc(C(F)(F)F)c1. The summed E-state index contributed by atoms with van der Waals surface area (Å²) in [6, 6.07) is 14.3. The van der Waals surface area contributed by atoms with Gasteiger partial charge in [-0.05, 0) is 31.0 Å². The number of thioether (sulfide) groups is 1. The third-order valence-electron chi connectivity index (χ3n) is 4.45. The molecule has 1 heterocycles.